The molecule has 1 aliphatic heterocycles. The van der Waals surface area contributed by atoms with Crippen molar-refractivity contribution in [3.63, 3.8) is 0 Å². The number of nitrogens with one attached hydrogen (secondary N) is 1. The molecule has 1 aliphatic rings. The highest BCUT2D eigenvalue weighted by atomic mass is 15.5. The van der Waals surface area contributed by atoms with Crippen LogP contribution in [-0.2, 0) is 0 Å². The summed E-state index contributed by atoms with van der Waals surface area (Å²) >= 11 is 0. The first-order valence-corrected chi connectivity index (χ1v) is 2.72. The first kappa shape index (κ1) is 4.49. The average Bonchev–Trinajstić information content (AvgIpc) is 2.33. The number of benzene rings is 1. The number of nitrogens with zero attached hydrogens (tertiary/aromatic N) is 2. The highest BCUT2D eigenvalue weighted by molar-refractivity contribution is 5.65. The Balaban J connectivity index is 2.63. The van der Waals surface area contributed by atoms with Crippen molar-refractivity contribution in [3.8, 4) is 0 Å². The molecule has 0 aromatic heterocycles. The molecular weight excluding hydrogens is 114 g/mol. The molecule has 1 heterocycles. The van der Waals surface area contributed by atoms with Crippen molar-refractivity contribution in [3.05, 3.63) is 24.3 Å². The van der Waals surface area contributed by atoms with E-state index in [0.29, 0.717) is 0 Å². The van der Waals surface area contributed by atoms with Gasteiger partial charge in [-0.3, -0.25) is 0 Å². The Morgan fingerprint density at radius 3 is 3.11 bits per heavy atom. The van der Waals surface area contributed by atoms with Crippen LogP contribution >= 0.6 is 0 Å². The summed E-state index contributed by atoms with van der Waals surface area (Å²) < 4.78 is 0. The van der Waals surface area contributed by atoms with E-state index in [1.807, 2.05) is 24.3 Å². The fourth-order valence-electron chi connectivity index (χ4n) is 0.788. The molecular formula is C6H5N3+. The van der Waals surface area contributed by atoms with Crippen LogP contribution in [0.4, 0.5) is 11.4 Å². The smallest absolute Gasteiger partial charge is 0.139 e. The third-order valence-electron chi connectivity index (χ3n) is 1.23. The lowest BCUT2D eigenvalue weighted by Gasteiger charge is -1.81. The van der Waals surface area contributed by atoms with E-state index in [-0.39, 0.29) is 0 Å². The van der Waals surface area contributed by atoms with Crippen LogP contribution in [-0.4, -0.2) is 0 Å². The van der Waals surface area contributed by atoms with Crippen LogP contribution in [0.5, 0.6) is 0 Å². The Labute approximate surface area is 52.4 Å². The highest BCUT2D eigenvalue weighted by Crippen LogP contribution is 2.22. The number of hydrogen-bond donors (Lipinski definition) is 1. The molecule has 1 N–H and O–H groups in total. The fourth-order valence-corrected chi connectivity index (χ4v) is 0.788. The van der Waals surface area contributed by atoms with Crippen molar-refractivity contribution in [1.82, 2.24) is 5.11 Å². The van der Waals surface area contributed by atoms with Gasteiger partial charge in [-0.25, -0.2) is 0 Å². The largest absolute Gasteiger partial charge is 0.251 e. The predicted molar refractivity (Wildman–Crippen MR) is 34.3 cm³/mol. The van der Waals surface area contributed by atoms with E-state index in [1.54, 1.807) is 0 Å². The molecule has 1 radical (unpaired) electrons. The number of fused-ring (bicyclic) bond motifs is 1. The van der Waals surface area contributed by atoms with E-state index < -0.39 is 0 Å². The van der Waals surface area contributed by atoms with Gasteiger partial charge in [-0.05, 0) is 12.1 Å². The van der Waals surface area contributed by atoms with Crippen molar-refractivity contribution >= 4 is 11.4 Å². The Morgan fingerprint density at radius 1 is 1.33 bits per heavy atom. The third kappa shape index (κ3) is 0.579. The Kier molecular flexibility index (Phi) is 0.773. The van der Waals surface area contributed by atoms with Gasteiger partial charge < -0.3 is 0 Å². The average molecular weight is 119 g/mol. The van der Waals surface area contributed by atoms with Gasteiger partial charge in [-0.2, -0.15) is 0 Å². The molecule has 0 amide bonds. The van der Waals surface area contributed by atoms with Gasteiger partial charge in [0.05, 0.1) is 5.11 Å². The molecule has 9 heavy (non-hydrogen) atoms. The maximum absolute atomic E-state index is 3.81. The van der Waals surface area contributed by atoms with Gasteiger partial charge in [0.2, 0.25) is 5.69 Å². The van der Waals surface area contributed by atoms with Gasteiger partial charge in [0.1, 0.15) is 5.22 Å². The molecule has 3 heteroatoms. The summed E-state index contributed by atoms with van der Waals surface area (Å²) in [6.45, 7) is 0. The van der Waals surface area contributed by atoms with Crippen LogP contribution in [0.3, 0.4) is 0 Å². The number of para-hydroxylation sites is 1. The molecule has 0 spiro atoms. The van der Waals surface area contributed by atoms with Gasteiger partial charge in [-0.15, -0.1) is 5.43 Å². The van der Waals surface area contributed by atoms with E-state index in [2.05, 4.69) is 15.8 Å². The van der Waals surface area contributed by atoms with E-state index in [1.165, 1.54) is 0 Å². The van der Waals surface area contributed by atoms with Crippen molar-refractivity contribution in [1.29, 1.82) is 0 Å². The zero-order chi connectivity index (χ0) is 6.10. The number of rotatable bonds is 0. The van der Waals surface area contributed by atoms with Crippen LogP contribution in [0.1, 0.15) is 0 Å². The summed E-state index contributed by atoms with van der Waals surface area (Å²) in [7, 11) is 0. The Hall–Kier alpha value is -1.38. The molecule has 0 bridgehead atoms. The standard InChI is InChI=1S/C6H5N3/c1-2-4-6-5(3-1)7-9-8-6/h1-4H,(H,7,9)/q+1. The minimum Gasteiger partial charge on any atom is -0.139 e. The number of anilines is 1. The topological polar surface area (TPSA) is 38.5 Å². The van der Waals surface area contributed by atoms with Crippen LogP contribution in [0.15, 0.2) is 29.5 Å². The summed E-state index contributed by atoms with van der Waals surface area (Å²) in [5.74, 6) is 0. The fraction of sp³-hybridized carbons (Fsp3) is 0. The molecule has 1 aromatic rings. The van der Waals surface area contributed by atoms with Crippen LogP contribution < -0.4 is 10.5 Å². The summed E-state index contributed by atoms with van der Waals surface area (Å²) in [5.41, 5.74) is 4.66. The summed E-state index contributed by atoms with van der Waals surface area (Å²) in [4.78, 5) is 0. The van der Waals surface area contributed by atoms with Crippen molar-refractivity contribution < 1.29 is 0 Å². The summed E-state index contributed by atoms with van der Waals surface area (Å²) in [6.07, 6.45) is 0. The molecule has 0 fully saturated rings. The minimum atomic E-state index is 0.914. The molecule has 0 unspecified atom stereocenters. The lowest BCUT2D eigenvalue weighted by molar-refractivity contribution is 1.11. The van der Waals surface area contributed by atoms with Crippen LogP contribution in [0.2, 0.25) is 0 Å². The predicted octanol–water partition coefficient (Wildman–Crippen LogP) is 1.45. The zero-order valence-electron chi connectivity index (χ0n) is 4.70. The quantitative estimate of drug-likeness (QED) is 0.551. The van der Waals surface area contributed by atoms with Crippen molar-refractivity contribution in [2.75, 3.05) is 5.43 Å². The second-order valence-electron chi connectivity index (χ2n) is 1.83. The van der Waals surface area contributed by atoms with E-state index >= 15 is 0 Å². The third-order valence-corrected chi connectivity index (χ3v) is 1.23. The zero-order valence-corrected chi connectivity index (χ0v) is 4.70. The lowest BCUT2D eigenvalue weighted by Crippen LogP contribution is -1.77. The van der Waals surface area contributed by atoms with Crippen molar-refractivity contribution in [2.45, 2.75) is 0 Å². The molecule has 2 rings (SSSR count). The first-order valence-electron chi connectivity index (χ1n) is 2.72. The molecule has 3 nitrogen and oxygen atoms in total. The monoisotopic (exact) mass is 119 g/mol. The molecule has 0 saturated heterocycles. The van der Waals surface area contributed by atoms with Gasteiger partial charge >= 0.3 is 0 Å². The summed E-state index contributed by atoms with van der Waals surface area (Å²) in [6, 6.07) is 7.74. The Bertz CT molecular complexity index is 254. The summed E-state index contributed by atoms with van der Waals surface area (Å²) in [5, 5.41) is 7.44. The number of hydrogen-bond acceptors (Lipinski definition) is 3. The van der Waals surface area contributed by atoms with Crippen molar-refractivity contribution in [2.24, 2.45) is 5.22 Å². The van der Waals surface area contributed by atoms with Gasteiger partial charge in [0.15, 0.2) is 0 Å². The van der Waals surface area contributed by atoms with E-state index in [4.69, 9.17) is 0 Å². The molecule has 0 atom stereocenters. The SMILES string of the molecule is c1ccc2c(c1)[N+]=NN2. The molecule has 1 aromatic carbocycles. The van der Waals surface area contributed by atoms with Gasteiger partial charge in [0, 0.05) is 0 Å². The van der Waals surface area contributed by atoms with Gasteiger partial charge in [0.25, 0.3) is 5.69 Å². The van der Waals surface area contributed by atoms with Crippen LogP contribution in [0, 0.1) is 0 Å². The first-order chi connectivity index (χ1) is 4.47. The minimum absolute atomic E-state index is 0.914. The molecule has 0 saturated carbocycles. The maximum Gasteiger partial charge on any atom is 0.251 e. The van der Waals surface area contributed by atoms with Gasteiger partial charge in [-0.1, -0.05) is 12.1 Å². The second kappa shape index (κ2) is 1.55. The highest BCUT2D eigenvalue weighted by Gasteiger charge is 2.14. The van der Waals surface area contributed by atoms with E-state index in [9.17, 15) is 0 Å². The van der Waals surface area contributed by atoms with E-state index in [0.717, 1.165) is 11.4 Å². The maximum atomic E-state index is 3.81. The second-order valence-corrected chi connectivity index (χ2v) is 1.83. The molecule has 0 aliphatic carbocycles. The molecule has 43 valence electrons. The Morgan fingerprint density at radius 2 is 2.22 bits per heavy atom. The van der Waals surface area contributed by atoms with Crippen LogP contribution in [0.25, 0.3) is 0 Å². The lowest BCUT2D eigenvalue weighted by atomic mass is 10.3. The normalized spacial score (nSPS) is 12.9.